The smallest absolute Gasteiger partial charge is 0.253 e. The molecular weight excluding hydrogens is 404 g/mol. The highest BCUT2D eigenvalue weighted by atomic mass is 35.5. The van der Waals surface area contributed by atoms with Crippen molar-refractivity contribution in [2.75, 3.05) is 46.3 Å². The van der Waals surface area contributed by atoms with E-state index in [2.05, 4.69) is 5.32 Å². The average Bonchev–Trinajstić information content (AvgIpc) is 3.21. The minimum atomic E-state index is -3.70. The number of amides is 2. The Balaban J connectivity index is 0.00000280. The van der Waals surface area contributed by atoms with E-state index in [-0.39, 0.29) is 48.2 Å². The molecule has 2 aliphatic rings. The van der Waals surface area contributed by atoms with Crippen LogP contribution in [0.5, 0.6) is 0 Å². The first-order valence-electron chi connectivity index (χ1n) is 9.14. The molecule has 0 saturated carbocycles. The summed E-state index contributed by atoms with van der Waals surface area (Å²) in [4.78, 5) is 27.6. The average molecular weight is 431 g/mol. The Labute approximate surface area is 172 Å². The number of nitrogens with zero attached hydrogens (tertiary/aromatic N) is 3. The molecule has 2 fully saturated rings. The number of carbonyl (C=O) groups excluding carboxylic acids is 2. The lowest BCUT2D eigenvalue weighted by Gasteiger charge is -2.33. The molecule has 0 aromatic heterocycles. The maximum atomic E-state index is 13.0. The van der Waals surface area contributed by atoms with Crippen molar-refractivity contribution >= 4 is 34.2 Å². The van der Waals surface area contributed by atoms with Crippen molar-refractivity contribution in [3.05, 3.63) is 29.8 Å². The van der Waals surface area contributed by atoms with E-state index in [0.717, 1.165) is 19.5 Å². The lowest BCUT2D eigenvalue weighted by molar-refractivity contribution is -0.129. The second-order valence-electron chi connectivity index (χ2n) is 7.00. The van der Waals surface area contributed by atoms with E-state index in [1.807, 2.05) is 0 Å². The summed E-state index contributed by atoms with van der Waals surface area (Å²) in [7, 11) is -1.95. The number of carbonyl (C=O) groups is 2. The van der Waals surface area contributed by atoms with Gasteiger partial charge in [0.2, 0.25) is 15.9 Å². The van der Waals surface area contributed by atoms with Crippen LogP contribution >= 0.6 is 12.4 Å². The summed E-state index contributed by atoms with van der Waals surface area (Å²) in [6, 6.07) is 6.34. The van der Waals surface area contributed by atoms with E-state index in [9.17, 15) is 18.0 Å². The van der Waals surface area contributed by atoms with Crippen LogP contribution in [0.15, 0.2) is 29.2 Å². The second kappa shape index (κ2) is 9.21. The van der Waals surface area contributed by atoms with Crippen molar-refractivity contribution in [1.29, 1.82) is 0 Å². The van der Waals surface area contributed by atoms with Crippen molar-refractivity contribution in [3.63, 3.8) is 0 Å². The van der Waals surface area contributed by atoms with E-state index in [1.54, 1.807) is 29.0 Å². The number of halogens is 1. The molecule has 3 rings (SSSR count). The minimum absolute atomic E-state index is 0. The summed E-state index contributed by atoms with van der Waals surface area (Å²) in [6.45, 7) is 4.38. The van der Waals surface area contributed by atoms with Gasteiger partial charge in [0, 0.05) is 58.3 Å². The second-order valence-corrected chi connectivity index (χ2v) is 8.94. The number of benzene rings is 1. The van der Waals surface area contributed by atoms with E-state index in [4.69, 9.17) is 0 Å². The molecule has 2 saturated heterocycles. The summed E-state index contributed by atoms with van der Waals surface area (Å²) in [5.74, 6) is -0.230. The van der Waals surface area contributed by atoms with Crippen LogP contribution in [-0.2, 0) is 14.8 Å². The van der Waals surface area contributed by atoms with Gasteiger partial charge in [-0.05, 0) is 31.2 Å². The number of hydrogen-bond donors (Lipinski definition) is 1. The molecule has 1 atom stereocenters. The SMILES string of the molecule is CC(=O)N1CCN(S(=O)(=O)c2cccc(C(=O)N(C)C3CCNC3)c2)CC1.Cl. The molecule has 0 aliphatic carbocycles. The zero-order valence-corrected chi connectivity index (χ0v) is 17.8. The Bertz CT molecular complexity index is 819. The van der Waals surface area contributed by atoms with Gasteiger partial charge in [-0.2, -0.15) is 4.31 Å². The van der Waals surface area contributed by atoms with Crippen molar-refractivity contribution in [2.45, 2.75) is 24.3 Å². The van der Waals surface area contributed by atoms with Crippen LogP contribution in [0.4, 0.5) is 0 Å². The quantitative estimate of drug-likeness (QED) is 0.746. The standard InChI is InChI=1S/C18H26N4O4S.ClH/c1-14(23)21-8-10-22(11-9-21)27(25,26)17-5-3-4-15(12-17)18(24)20(2)16-6-7-19-13-16;/h3-5,12,16,19H,6-11,13H2,1-2H3;1H. The van der Waals surface area contributed by atoms with Gasteiger partial charge in [-0.25, -0.2) is 8.42 Å². The Hall–Kier alpha value is -1.68. The molecule has 0 spiro atoms. The Morgan fingerprint density at radius 3 is 2.43 bits per heavy atom. The fourth-order valence-corrected chi connectivity index (χ4v) is 4.99. The number of nitrogens with one attached hydrogen (secondary N) is 1. The van der Waals surface area contributed by atoms with Gasteiger partial charge in [-0.15, -0.1) is 12.4 Å². The van der Waals surface area contributed by atoms with Crippen molar-refractivity contribution in [1.82, 2.24) is 19.4 Å². The molecule has 2 aliphatic heterocycles. The summed E-state index contributed by atoms with van der Waals surface area (Å²) in [5, 5.41) is 3.23. The van der Waals surface area contributed by atoms with Crippen molar-refractivity contribution in [3.8, 4) is 0 Å². The molecule has 28 heavy (non-hydrogen) atoms. The molecule has 1 unspecified atom stereocenters. The minimum Gasteiger partial charge on any atom is -0.340 e. The maximum absolute atomic E-state index is 13.0. The Kier molecular flexibility index (Phi) is 7.44. The molecule has 10 heteroatoms. The first kappa shape index (κ1) is 22.6. The van der Waals surface area contributed by atoms with Gasteiger partial charge in [0.05, 0.1) is 4.90 Å². The molecule has 0 radical (unpaired) electrons. The molecule has 8 nitrogen and oxygen atoms in total. The van der Waals surface area contributed by atoms with Crippen LogP contribution in [-0.4, -0.2) is 86.7 Å². The fraction of sp³-hybridized carbons (Fsp3) is 0.556. The predicted octanol–water partition coefficient (Wildman–Crippen LogP) is 0.395. The molecule has 2 heterocycles. The zero-order chi connectivity index (χ0) is 19.6. The number of piperazine rings is 1. The highest BCUT2D eigenvalue weighted by Gasteiger charge is 2.30. The first-order chi connectivity index (χ1) is 12.8. The molecular formula is C18H27ClN4O4S. The monoisotopic (exact) mass is 430 g/mol. The highest BCUT2D eigenvalue weighted by Crippen LogP contribution is 2.20. The van der Waals surface area contributed by atoms with E-state index in [0.29, 0.717) is 18.7 Å². The summed E-state index contributed by atoms with van der Waals surface area (Å²) in [5.41, 5.74) is 0.368. The van der Waals surface area contributed by atoms with Gasteiger partial charge in [0.1, 0.15) is 0 Å². The summed E-state index contributed by atoms with van der Waals surface area (Å²) in [6.07, 6.45) is 0.890. The third-order valence-corrected chi connectivity index (χ3v) is 7.20. The number of hydrogen-bond acceptors (Lipinski definition) is 5. The summed E-state index contributed by atoms with van der Waals surface area (Å²) >= 11 is 0. The fourth-order valence-electron chi connectivity index (χ4n) is 3.52. The summed E-state index contributed by atoms with van der Waals surface area (Å²) < 4.78 is 27.3. The third-order valence-electron chi connectivity index (χ3n) is 5.31. The van der Waals surface area contributed by atoms with Crippen molar-refractivity contribution < 1.29 is 18.0 Å². The van der Waals surface area contributed by atoms with Gasteiger partial charge >= 0.3 is 0 Å². The number of sulfonamides is 1. The van der Waals surface area contributed by atoms with Gasteiger partial charge in [-0.1, -0.05) is 6.07 Å². The first-order valence-corrected chi connectivity index (χ1v) is 10.6. The highest BCUT2D eigenvalue weighted by molar-refractivity contribution is 7.89. The number of likely N-dealkylation sites (N-methyl/N-ethyl adjacent to an activating group) is 1. The van der Waals surface area contributed by atoms with Crippen LogP contribution in [0.25, 0.3) is 0 Å². The molecule has 1 N–H and O–H groups in total. The lowest BCUT2D eigenvalue weighted by atomic mass is 10.1. The van der Waals surface area contributed by atoms with Crippen LogP contribution in [0.1, 0.15) is 23.7 Å². The van der Waals surface area contributed by atoms with Gasteiger partial charge in [0.15, 0.2) is 0 Å². The van der Waals surface area contributed by atoms with E-state index >= 15 is 0 Å². The normalized spacial score (nSPS) is 20.5. The zero-order valence-electron chi connectivity index (χ0n) is 16.1. The Morgan fingerprint density at radius 1 is 1.18 bits per heavy atom. The molecule has 156 valence electrons. The molecule has 1 aromatic rings. The largest absolute Gasteiger partial charge is 0.340 e. The van der Waals surface area contributed by atoms with Crippen LogP contribution in [0, 0.1) is 0 Å². The molecule has 2 amide bonds. The van der Waals surface area contributed by atoms with E-state index < -0.39 is 10.0 Å². The predicted molar refractivity (Wildman–Crippen MR) is 108 cm³/mol. The van der Waals surface area contributed by atoms with Crippen LogP contribution in [0.3, 0.4) is 0 Å². The van der Waals surface area contributed by atoms with Crippen LogP contribution < -0.4 is 5.32 Å². The van der Waals surface area contributed by atoms with Crippen molar-refractivity contribution in [2.24, 2.45) is 0 Å². The van der Waals surface area contributed by atoms with E-state index in [1.165, 1.54) is 23.4 Å². The Morgan fingerprint density at radius 2 is 1.86 bits per heavy atom. The third kappa shape index (κ3) is 4.65. The lowest BCUT2D eigenvalue weighted by Crippen LogP contribution is -2.49. The van der Waals surface area contributed by atoms with Crippen LogP contribution in [0.2, 0.25) is 0 Å². The van der Waals surface area contributed by atoms with Gasteiger partial charge < -0.3 is 15.1 Å². The maximum Gasteiger partial charge on any atom is 0.253 e. The molecule has 0 bridgehead atoms. The van der Waals surface area contributed by atoms with Gasteiger partial charge in [-0.3, -0.25) is 9.59 Å². The number of rotatable bonds is 4. The topological polar surface area (TPSA) is 90.0 Å². The van der Waals surface area contributed by atoms with Gasteiger partial charge in [0.25, 0.3) is 5.91 Å². The molecule has 1 aromatic carbocycles.